The van der Waals surface area contributed by atoms with Gasteiger partial charge in [0.2, 0.25) is 0 Å². The lowest BCUT2D eigenvalue weighted by Gasteiger charge is -2.31. The molecule has 0 bridgehead atoms. The van der Waals surface area contributed by atoms with Crippen LogP contribution in [0.15, 0.2) is 35.2 Å². The van der Waals surface area contributed by atoms with E-state index in [-0.39, 0.29) is 28.2 Å². The monoisotopic (exact) mass is 412 g/mol. The highest BCUT2D eigenvalue weighted by Gasteiger charge is 2.58. The van der Waals surface area contributed by atoms with Crippen LogP contribution in [-0.4, -0.2) is 25.5 Å². The molecule has 150 valence electrons. The Morgan fingerprint density at radius 2 is 1.89 bits per heavy atom. The standard InChI is InChI=1S/C20H20F4N2OS/c1-5-11-8-12(21)10-13(9-11)27-14-6-7-15(28(3,4)25)17-16(14)18(22)20(23,24)19(17)26-2/h1,6-10,18-19,26H,25H2,2-4H3. The van der Waals surface area contributed by atoms with E-state index in [4.69, 9.17) is 16.3 Å². The first-order chi connectivity index (χ1) is 13.0. The average Bonchev–Trinajstić information content (AvgIpc) is 2.80. The Bertz CT molecular complexity index is 966. The van der Waals surface area contributed by atoms with Gasteiger partial charge in [0, 0.05) is 22.1 Å². The molecule has 0 spiro atoms. The first-order valence-corrected chi connectivity index (χ1v) is 10.8. The molecule has 0 heterocycles. The number of hydrogen-bond donors (Lipinski definition) is 2. The molecular weight excluding hydrogens is 392 g/mol. The Balaban J connectivity index is 2.20. The first kappa shape index (κ1) is 20.5. The zero-order valence-corrected chi connectivity index (χ0v) is 16.3. The highest BCUT2D eigenvalue weighted by molar-refractivity contribution is 8.30. The summed E-state index contributed by atoms with van der Waals surface area (Å²) in [4.78, 5) is 0.456. The largest absolute Gasteiger partial charge is 0.457 e. The fraction of sp³-hybridized carbons (Fsp3) is 0.300. The molecule has 28 heavy (non-hydrogen) atoms. The fourth-order valence-electron chi connectivity index (χ4n) is 3.40. The summed E-state index contributed by atoms with van der Waals surface area (Å²) in [7, 11) is -0.598. The third kappa shape index (κ3) is 3.34. The summed E-state index contributed by atoms with van der Waals surface area (Å²) in [6.07, 6.45) is 6.14. The highest BCUT2D eigenvalue weighted by Crippen LogP contribution is 2.60. The predicted molar refractivity (Wildman–Crippen MR) is 103 cm³/mol. The van der Waals surface area contributed by atoms with Crippen molar-refractivity contribution in [2.45, 2.75) is 23.0 Å². The normalized spacial score (nSPS) is 21.1. The number of nitrogens with one attached hydrogen (secondary N) is 1. The van der Waals surface area contributed by atoms with E-state index < -0.39 is 34.2 Å². The molecule has 1 aliphatic carbocycles. The van der Waals surface area contributed by atoms with E-state index >= 15 is 0 Å². The molecule has 2 aromatic rings. The van der Waals surface area contributed by atoms with E-state index in [1.165, 1.54) is 19.2 Å². The van der Waals surface area contributed by atoms with Crippen LogP contribution >= 0.6 is 10.2 Å². The number of ether oxygens (including phenoxy) is 1. The van der Waals surface area contributed by atoms with Crippen LogP contribution in [0, 0.1) is 18.2 Å². The molecule has 8 heteroatoms. The Kier molecular flexibility index (Phi) is 5.13. The molecule has 3 nitrogen and oxygen atoms in total. The molecule has 3 rings (SSSR count). The zero-order valence-electron chi connectivity index (χ0n) is 15.5. The fourth-order valence-corrected chi connectivity index (χ4v) is 4.62. The Morgan fingerprint density at radius 1 is 1.21 bits per heavy atom. The summed E-state index contributed by atoms with van der Waals surface area (Å²) in [5.41, 5.74) is 0.0269. The second-order valence-electron chi connectivity index (χ2n) is 6.98. The molecule has 1 aliphatic rings. The van der Waals surface area contributed by atoms with Crippen LogP contribution in [0.2, 0.25) is 0 Å². The lowest BCUT2D eigenvalue weighted by Crippen LogP contribution is -2.33. The zero-order chi connectivity index (χ0) is 20.9. The second kappa shape index (κ2) is 6.99. The molecule has 0 aromatic heterocycles. The van der Waals surface area contributed by atoms with Crippen LogP contribution in [0.1, 0.15) is 28.9 Å². The van der Waals surface area contributed by atoms with Gasteiger partial charge < -0.3 is 10.1 Å². The second-order valence-corrected chi connectivity index (χ2v) is 10.2. The number of halogens is 4. The molecule has 0 radical (unpaired) electrons. The van der Waals surface area contributed by atoms with E-state index in [2.05, 4.69) is 11.2 Å². The van der Waals surface area contributed by atoms with E-state index in [0.29, 0.717) is 4.90 Å². The van der Waals surface area contributed by atoms with Crippen molar-refractivity contribution in [3.8, 4) is 23.8 Å². The van der Waals surface area contributed by atoms with Crippen molar-refractivity contribution in [1.29, 1.82) is 0 Å². The van der Waals surface area contributed by atoms with E-state index in [1.54, 1.807) is 18.6 Å². The molecule has 3 N–H and O–H groups in total. The van der Waals surface area contributed by atoms with Gasteiger partial charge in [-0.25, -0.2) is 17.6 Å². The maximum atomic E-state index is 14.9. The predicted octanol–water partition coefficient (Wildman–Crippen LogP) is 4.82. The van der Waals surface area contributed by atoms with Gasteiger partial charge in [-0.15, -0.1) is 6.42 Å². The van der Waals surface area contributed by atoms with Gasteiger partial charge in [0.25, 0.3) is 0 Å². The third-order valence-electron chi connectivity index (χ3n) is 4.59. The Morgan fingerprint density at radius 3 is 2.46 bits per heavy atom. The lowest BCUT2D eigenvalue weighted by atomic mass is 10.1. The van der Waals surface area contributed by atoms with Crippen molar-refractivity contribution >= 4 is 10.2 Å². The van der Waals surface area contributed by atoms with Gasteiger partial charge in [-0.2, -0.15) is 10.2 Å². The molecule has 0 saturated carbocycles. The number of hydrogen-bond acceptors (Lipinski definition) is 3. The van der Waals surface area contributed by atoms with Crippen molar-refractivity contribution in [3.63, 3.8) is 0 Å². The van der Waals surface area contributed by atoms with E-state index in [1.807, 2.05) is 0 Å². The number of terminal acetylenes is 1. The van der Waals surface area contributed by atoms with Gasteiger partial charge in [-0.3, -0.25) is 5.14 Å². The molecular formula is C20H20F4N2OS. The Labute approximate surface area is 162 Å². The lowest BCUT2D eigenvalue weighted by molar-refractivity contribution is -0.0886. The number of alkyl halides is 3. The van der Waals surface area contributed by atoms with Crippen LogP contribution in [0.4, 0.5) is 17.6 Å². The van der Waals surface area contributed by atoms with Crippen molar-refractivity contribution in [1.82, 2.24) is 5.32 Å². The topological polar surface area (TPSA) is 47.3 Å². The number of nitrogens with two attached hydrogens (primary N) is 1. The van der Waals surface area contributed by atoms with E-state index in [0.717, 1.165) is 12.1 Å². The van der Waals surface area contributed by atoms with Gasteiger partial charge in [0.15, 0.2) is 6.17 Å². The maximum absolute atomic E-state index is 14.9. The van der Waals surface area contributed by atoms with Gasteiger partial charge in [-0.05, 0) is 49.4 Å². The van der Waals surface area contributed by atoms with Gasteiger partial charge in [0.05, 0.1) is 0 Å². The smallest absolute Gasteiger partial charge is 0.302 e. The molecule has 0 amide bonds. The average molecular weight is 412 g/mol. The third-order valence-corrected chi connectivity index (χ3v) is 6.08. The van der Waals surface area contributed by atoms with Gasteiger partial charge in [0.1, 0.15) is 23.4 Å². The van der Waals surface area contributed by atoms with Crippen LogP contribution in [0.5, 0.6) is 11.5 Å². The van der Waals surface area contributed by atoms with Crippen LogP contribution in [-0.2, 0) is 0 Å². The van der Waals surface area contributed by atoms with Gasteiger partial charge in [-0.1, -0.05) is 5.92 Å². The van der Waals surface area contributed by atoms with Gasteiger partial charge >= 0.3 is 5.92 Å². The molecule has 0 saturated heterocycles. The van der Waals surface area contributed by atoms with Crippen molar-refractivity contribution in [3.05, 3.63) is 52.8 Å². The summed E-state index contributed by atoms with van der Waals surface area (Å²) in [5, 5.41) is 8.71. The SMILES string of the molecule is C#Cc1cc(F)cc(Oc2ccc(S(C)(C)N)c3c2C(F)C(F)(F)C3NC)c1. The summed E-state index contributed by atoms with van der Waals surface area (Å²) in [5.74, 6) is -2.20. The molecule has 2 aromatic carbocycles. The molecule has 2 atom stereocenters. The Hall–Kier alpha value is -2.21. The van der Waals surface area contributed by atoms with Crippen molar-refractivity contribution < 1.29 is 22.3 Å². The summed E-state index contributed by atoms with van der Waals surface area (Å²) >= 11 is 0. The minimum absolute atomic E-state index is 0.00863. The number of rotatable bonds is 4. The van der Waals surface area contributed by atoms with E-state index in [9.17, 15) is 17.6 Å². The van der Waals surface area contributed by atoms with Crippen LogP contribution in [0.25, 0.3) is 0 Å². The summed E-state index contributed by atoms with van der Waals surface area (Å²) in [6, 6.07) is 4.94. The highest BCUT2D eigenvalue weighted by atomic mass is 32.3. The van der Waals surface area contributed by atoms with Crippen LogP contribution in [0.3, 0.4) is 0 Å². The number of fused-ring (bicyclic) bond motifs is 1. The minimum Gasteiger partial charge on any atom is -0.457 e. The molecule has 2 unspecified atom stereocenters. The molecule has 0 fully saturated rings. The quantitative estimate of drug-likeness (QED) is 0.559. The summed E-state index contributed by atoms with van der Waals surface area (Å²) < 4.78 is 63.5. The minimum atomic E-state index is -3.69. The van der Waals surface area contributed by atoms with Crippen LogP contribution < -0.4 is 15.2 Å². The molecule has 0 aliphatic heterocycles. The number of benzene rings is 2. The van der Waals surface area contributed by atoms with Crippen molar-refractivity contribution in [2.75, 3.05) is 19.6 Å². The maximum Gasteiger partial charge on any atom is 0.302 e. The summed E-state index contributed by atoms with van der Waals surface area (Å²) in [6.45, 7) is 0. The first-order valence-electron chi connectivity index (χ1n) is 8.32. The van der Waals surface area contributed by atoms with Crippen molar-refractivity contribution in [2.24, 2.45) is 5.14 Å².